The fourth-order valence-electron chi connectivity index (χ4n) is 4.53. The number of aldehydes is 1. The van der Waals surface area contributed by atoms with E-state index < -0.39 is 6.10 Å². The second-order valence-electron chi connectivity index (χ2n) is 9.64. The van der Waals surface area contributed by atoms with Gasteiger partial charge in [0.15, 0.2) is 0 Å². The molecule has 1 aliphatic rings. The highest BCUT2D eigenvalue weighted by Gasteiger charge is 2.27. The van der Waals surface area contributed by atoms with Crippen LogP contribution in [0.3, 0.4) is 0 Å². The molecule has 2 heterocycles. The van der Waals surface area contributed by atoms with Gasteiger partial charge in [-0.05, 0) is 37.8 Å². The summed E-state index contributed by atoms with van der Waals surface area (Å²) >= 11 is 1.62. The van der Waals surface area contributed by atoms with Crippen molar-refractivity contribution in [3.63, 3.8) is 0 Å². The number of thiazole rings is 1. The van der Waals surface area contributed by atoms with Crippen molar-refractivity contribution < 1.29 is 19.4 Å². The number of β-amino-alcohol motifs (C(OH)–C–C–N with tert-alkyl or cyclic N) is 1. The number of hydrogen-bond acceptors (Lipinski definition) is 7. The second kappa shape index (κ2) is 15.7. The Morgan fingerprint density at radius 3 is 2.53 bits per heavy atom. The summed E-state index contributed by atoms with van der Waals surface area (Å²) in [6.07, 6.45) is 12.2. The van der Waals surface area contributed by atoms with E-state index >= 15 is 0 Å². The Kier molecular flexibility index (Phi) is 12.4. The first-order chi connectivity index (χ1) is 17.6. The highest BCUT2D eigenvalue weighted by atomic mass is 32.1. The monoisotopic (exact) mass is 515 g/mol. The molecule has 0 radical (unpaired) electrons. The number of aromatic nitrogens is 1. The number of benzene rings is 1. The van der Waals surface area contributed by atoms with Crippen molar-refractivity contribution in [2.24, 2.45) is 0 Å². The molecule has 0 spiro atoms. The van der Waals surface area contributed by atoms with Crippen LogP contribution in [-0.2, 0) is 16.1 Å². The van der Waals surface area contributed by atoms with Gasteiger partial charge in [0.1, 0.15) is 12.0 Å². The maximum absolute atomic E-state index is 12.5. The molecule has 36 heavy (non-hydrogen) atoms. The molecule has 1 amide bonds. The number of unbranched alkanes of at least 4 members (excludes halogenated alkanes) is 9. The fourth-order valence-corrected chi connectivity index (χ4v) is 5.33. The summed E-state index contributed by atoms with van der Waals surface area (Å²) in [6, 6.07) is 5.80. The standard InChI is InChI=1S/C28H41N3O4S/c1-21-27(36-20-31-21)22-12-13-23(18-30-28(34)25-17-24(33)19-29-25)26(16-22)35-15-11-9-7-5-3-2-4-6-8-10-14-32/h12-14,16,20,24-25,29,33H,2-11,15,17-19H2,1H3,(H,30,34). The van der Waals surface area contributed by atoms with E-state index in [1.807, 2.05) is 18.5 Å². The molecule has 2 aromatic rings. The number of nitrogens with one attached hydrogen (secondary N) is 2. The van der Waals surface area contributed by atoms with Crippen molar-refractivity contribution in [3.05, 3.63) is 35.0 Å². The SMILES string of the molecule is Cc1ncsc1-c1ccc(CNC(=O)C2CC(O)CN2)c(OCCCCCCCCCCCC=O)c1. The highest BCUT2D eigenvalue weighted by Crippen LogP contribution is 2.32. The molecular weight excluding hydrogens is 474 g/mol. The largest absolute Gasteiger partial charge is 0.493 e. The molecule has 3 N–H and O–H groups in total. The van der Waals surface area contributed by atoms with Gasteiger partial charge in [0, 0.05) is 25.1 Å². The lowest BCUT2D eigenvalue weighted by Crippen LogP contribution is -2.40. The summed E-state index contributed by atoms with van der Waals surface area (Å²) in [5, 5.41) is 15.7. The van der Waals surface area contributed by atoms with Gasteiger partial charge in [-0.2, -0.15) is 0 Å². The molecule has 1 saturated heterocycles. The molecule has 2 unspecified atom stereocenters. The summed E-state index contributed by atoms with van der Waals surface area (Å²) in [7, 11) is 0. The zero-order valence-corrected chi connectivity index (χ0v) is 22.3. The molecule has 1 aromatic carbocycles. The molecular formula is C28H41N3O4S. The third-order valence-electron chi connectivity index (χ3n) is 6.68. The molecule has 1 aliphatic heterocycles. The summed E-state index contributed by atoms with van der Waals surface area (Å²) < 4.78 is 6.22. The van der Waals surface area contributed by atoms with Gasteiger partial charge in [-0.1, -0.05) is 57.1 Å². The molecule has 8 heteroatoms. The number of carbonyl (C=O) groups is 2. The van der Waals surface area contributed by atoms with Crippen LogP contribution in [0, 0.1) is 6.92 Å². The van der Waals surface area contributed by atoms with Crippen LogP contribution >= 0.6 is 11.3 Å². The van der Waals surface area contributed by atoms with E-state index in [2.05, 4.69) is 27.8 Å². The zero-order chi connectivity index (χ0) is 25.6. The van der Waals surface area contributed by atoms with Crippen LogP contribution in [0.5, 0.6) is 5.75 Å². The van der Waals surface area contributed by atoms with Crippen LogP contribution in [0.2, 0.25) is 0 Å². The predicted molar refractivity (Wildman–Crippen MR) is 144 cm³/mol. The van der Waals surface area contributed by atoms with Gasteiger partial charge in [0.05, 0.1) is 34.8 Å². The Balaban J connectivity index is 1.45. The molecule has 0 saturated carbocycles. The Bertz CT molecular complexity index is 949. The maximum atomic E-state index is 12.5. The van der Waals surface area contributed by atoms with E-state index in [0.29, 0.717) is 32.5 Å². The zero-order valence-electron chi connectivity index (χ0n) is 21.5. The van der Waals surface area contributed by atoms with Gasteiger partial charge in [-0.25, -0.2) is 4.98 Å². The summed E-state index contributed by atoms with van der Waals surface area (Å²) in [5.74, 6) is 0.707. The Morgan fingerprint density at radius 2 is 1.89 bits per heavy atom. The molecule has 198 valence electrons. The van der Waals surface area contributed by atoms with Gasteiger partial charge in [0.2, 0.25) is 5.91 Å². The minimum atomic E-state index is -0.463. The smallest absolute Gasteiger partial charge is 0.237 e. The minimum Gasteiger partial charge on any atom is -0.493 e. The third-order valence-corrected chi connectivity index (χ3v) is 7.65. The van der Waals surface area contributed by atoms with Gasteiger partial charge in [-0.15, -0.1) is 11.3 Å². The second-order valence-corrected chi connectivity index (χ2v) is 10.5. The lowest BCUT2D eigenvalue weighted by molar-refractivity contribution is -0.123. The van der Waals surface area contributed by atoms with Crippen LogP contribution in [0.25, 0.3) is 10.4 Å². The first-order valence-corrected chi connectivity index (χ1v) is 14.3. The number of ether oxygens (including phenoxy) is 1. The van der Waals surface area contributed by atoms with Crippen LogP contribution in [0.15, 0.2) is 23.7 Å². The Labute approximate surface area is 219 Å². The first-order valence-electron chi connectivity index (χ1n) is 13.4. The maximum Gasteiger partial charge on any atom is 0.237 e. The normalized spacial score (nSPS) is 17.3. The first kappa shape index (κ1) is 28.3. The van der Waals surface area contributed by atoms with Crippen LogP contribution in [-0.4, -0.2) is 47.6 Å². The van der Waals surface area contributed by atoms with E-state index in [-0.39, 0.29) is 11.9 Å². The van der Waals surface area contributed by atoms with Crippen molar-refractivity contribution >= 4 is 23.5 Å². The number of aryl methyl sites for hydroxylation is 1. The Morgan fingerprint density at radius 1 is 1.17 bits per heavy atom. The quantitative estimate of drug-likeness (QED) is 0.204. The van der Waals surface area contributed by atoms with Gasteiger partial charge < -0.3 is 25.3 Å². The average molecular weight is 516 g/mol. The number of nitrogens with zero attached hydrogens (tertiary/aromatic N) is 1. The number of amides is 1. The average Bonchev–Trinajstić information content (AvgIpc) is 3.51. The molecule has 7 nitrogen and oxygen atoms in total. The molecule has 2 atom stereocenters. The van der Waals surface area contributed by atoms with E-state index in [4.69, 9.17) is 4.74 Å². The molecule has 3 rings (SSSR count). The fraction of sp³-hybridized carbons (Fsp3) is 0.607. The lowest BCUT2D eigenvalue weighted by Gasteiger charge is -2.16. The summed E-state index contributed by atoms with van der Waals surface area (Å²) in [5.41, 5.74) is 4.88. The number of hydrogen-bond donors (Lipinski definition) is 3. The number of aliphatic hydroxyl groups excluding tert-OH is 1. The van der Waals surface area contributed by atoms with Crippen LogP contribution < -0.4 is 15.4 Å². The van der Waals surface area contributed by atoms with Gasteiger partial charge in [0.25, 0.3) is 0 Å². The van der Waals surface area contributed by atoms with E-state index in [1.165, 1.54) is 32.1 Å². The number of carbonyl (C=O) groups excluding carboxylic acids is 2. The molecule has 0 aliphatic carbocycles. The molecule has 1 aromatic heterocycles. The van der Waals surface area contributed by atoms with E-state index in [0.717, 1.165) is 59.4 Å². The summed E-state index contributed by atoms with van der Waals surface area (Å²) in [4.78, 5) is 28.3. The van der Waals surface area contributed by atoms with Gasteiger partial charge >= 0.3 is 0 Å². The van der Waals surface area contributed by atoms with Crippen LogP contribution in [0.4, 0.5) is 0 Å². The minimum absolute atomic E-state index is 0.0939. The van der Waals surface area contributed by atoms with Crippen molar-refractivity contribution in [2.75, 3.05) is 13.2 Å². The highest BCUT2D eigenvalue weighted by molar-refractivity contribution is 7.13. The van der Waals surface area contributed by atoms with Crippen molar-refractivity contribution in [3.8, 4) is 16.2 Å². The topological polar surface area (TPSA) is 101 Å². The lowest BCUT2D eigenvalue weighted by atomic mass is 10.1. The van der Waals surface area contributed by atoms with E-state index in [9.17, 15) is 14.7 Å². The summed E-state index contributed by atoms with van der Waals surface area (Å²) in [6.45, 7) is 3.50. The molecule has 0 bridgehead atoms. The van der Waals surface area contributed by atoms with Crippen molar-refractivity contribution in [1.29, 1.82) is 0 Å². The number of rotatable bonds is 17. The van der Waals surface area contributed by atoms with Gasteiger partial charge in [-0.3, -0.25) is 4.79 Å². The predicted octanol–water partition coefficient (Wildman–Crippen LogP) is 4.94. The molecule has 1 fully saturated rings. The third kappa shape index (κ3) is 9.30. The van der Waals surface area contributed by atoms with Crippen molar-refractivity contribution in [2.45, 2.75) is 96.2 Å². The van der Waals surface area contributed by atoms with E-state index in [1.54, 1.807) is 11.3 Å². The van der Waals surface area contributed by atoms with Crippen LogP contribution in [0.1, 0.15) is 81.9 Å². The van der Waals surface area contributed by atoms with Crippen molar-refractivity contribution in [1.82, 2.24) is 15.6 Å². The number of aliphatic hydroxyl groups is 1. The Hall–Kier alpha value is -2.29.